The second-order valence-corrected chi connectivity index (χ2v) is 4.79. The molecule has 1 aromatic heterocycles. The number of carbonyl (C=O) groups is 2. The van der Waals surface area contributed by atoms with E-state index in [0.717, 1.165) is 11.3 Å². The average Bonchev–Trinajstić information content (AvgIpc) is 2.69. The summed E-state index contributed by atoms with van der Waals surface area (Å²) in [5.74, 6) is -2.97. The van der Waals surface area contributed by atoms with E-state index in [2.05, 4.69) is 0 Å². The molecular weight excluding hydrogens is 271 g/mol. The van der Waals surface area contributed by atoms with Gasteiger partial charge in [0.2, 0.25) is 0 Å². The van der Waals surface area contributed by atoms with Crippen molar-refractivity contribution in [2.75, 3.05) is 6.54 Å². The molecule has 2 rings (SSSR count). The highest BCUT2D eigenvalue weighted by atomic mass is 32.1. The molecule has 1 amide bonds. The molecule has 2 heterocycles. The lowest BCUT2D eigenvalue weighted by Crippen LogP contribution is -2.43. The standard InChI is InChI=1S/C10H8F3NO3S/c11-10(12,13)9(17)14-2-1-5-6(8(15)16)4-18-7(5)3-14/h4H,1-3H2,(H,15,16). The molecular formula is C10H8F3NO3S. The van der Waals surface area contributed by atoms with Crippen LogP contribution in [0.25, 0.3) is 0 Å². The zero-order valence-corrected chi connectivity index (χ0v) is 9.77. The Bertz CT molecular complexity index is 509. The number of aromatic carboxylic acids is 1. The number of amides is 1. The summed E-state index contributed by atoms with van der Waals surface area (Å²) < 4.78 is 36.8. The smallest absolute Gasteiger partial charge is 0.471 e. The van der Waals surface area contributed by atoms with Crippen molar-refractivity contribution >= 4 is 23.2 Å². The topological polar surface area (TPSA) is 57.6 Å². The van der Waals surface area contributed by atoms with Crippen LogP contribution in [0.5, 0.6) is 0 Å². The molecule has 0 fully saturated rings. The van der Waals surface area contributed by atoms with Crippen LogP contribution in [0.15, 0.2) is 5.38 Å². The first kappa shape index (κ1) is 12.9. The molecule has 4 nitrogen and oxygen atoms in total. The first-order chi connectivity index (χ1) is 8.30. The van der Waals surface area contributed by atoms with E-state index in [1.165, 1.54) is 5.38 Å². The minimum absolute atomic E-state index is 0.109. The first-order valence-corrected chi connectivity index (χ1v) is 5.87. The molecule has 0 bridgehead atoms. The average molecular weight is 279 g/mol. The van der Waals surface area contributed by atoms with Crippen molar-refractivity contribution in [3.8, 4) is 0 Å². The summed E-state index contributed by atoms with van der Waals surface area (Å²) in [6.45, 7) is -0.284. The van der Waals surface area contributed by atoms with Gasteiger partial charge in [0.15, 0.2) is 0 Å². The van der Waals surface area contributed by atoms with Gasteiger partial charge in [-0.05, 0) is 12.0 Å². The summed E-state index contributed by atoms with van der Waals surface area (Å²) in [5, 5.41) is 10.3. The zero-order valence-electron chi connectivity index (χ0n) is 8.95. The first-order valence-electron chi connectivity index (χ1n) is 4.99. The Morgan fingerprint density at radius 3 is 2.61 bits per heavy atom. The molecule has 1 aromatic rings. The van der Waals surface area contributed by atoms with E-state index in [1.54, 1.807) is 0 Å². The summed E-state index contributed by atoms with van der Waals surface area (Å²) in [7, 11) is 0. The lowest BCUT2D eigenvalue weighted by atomic mass is 10.0. The molecule has 8 heteroatoms. The monoisotopic (exact) mass is 279 g/mol. The van der Waals surface area contributed by atoms with Gasteiger partial charge in [-0.2, -0.15) is 13.2 Å². The van der Waals surface area contributed by atoms with Gasteiger partial charge >= 0.3 is 18.1 Å². The highest BCUT2D eigenvalue weighted by Crippen LogP contribution is 2.30. The maximum absolute atomic E-state index is 12.3. The number of nitrogens with zero attached hydrogens (tertiary/aromatic N) is 1. The van der Waals surface area contributed by atoms with E-state index in [9.17, 15) is 22.8 Å². The quantitative estimate of drug-likeness (QED) is 0.854. The Morgan fingerprint density at radius 1 is 1.39 bits per heavy atom. The van der Waals surface area contributed by atoms with Crippen LogP contribution in [0, 0.1) is 0 Å². The number of thiophene rings is 1. The van der Waals surface area contributed by atoms with E-state index in [-0.39, 0.29) is 25.1 Å². The molecule has 0 radical (unpaired) electrons. The normalized spacial score (nSPS) is 15.4. The van der Waals surface area contributed by atoms with Gasteiger partial charge in [0.25, 0.3) is 0 Å². The van der Waals surface area contributed by atoms with Crippen LogP contribution < -0.4 is 0 Å². The minimum atomic E-state index is -4.88. The Kier molecular flexibility index (Phi) is 3.05. The van der Waals surface area contributed by atoms with Crippen LogP contribution in [0.3, 0.4) is 0 Å². The number of halogens is 3. The van der Waals surface area contributed by atoms with Crippen LogP contribution in [0.1, 0.15) is 20.8 Å². The molecule has 98 valence electrons. The molecule has 0 saturated carbocycles. The molecule has 0 unspecified atom stereocenters. The van der Waals surface area contributed by atoms with Gasteiger partial charge in [-0.1, -0.05) is 0 Å². The fourth-order valence-electron chi connectivity index (χ4n) is 1.86. The summed E-state index contributed by atoms with van der Waals surface area (Å²) in [6.07, 6.45) is -4.74. The number of hydrogen-bond acceptors (Lipinski definition) is 3. The summed E-state index contributed by atoms with van der Waals surface area (Å²) in [4.78, 5) is 23.1. The fraction of sp³-hybridized carbons (Fsp3) is 0.400. The van der Waals surface area contributed by atoms with Crippen molar-refractivity contribution in [2.45, 2.75) is 19.1 Å². The van der Waals surface area contributed by atoms with Crippen molar-refractivity contribution in [3.05, 3.63) is 21.4 Å². The number of fused-ring (bicyclic) bond motifs is 1. The van der Waals surface area contributed by atoms with Gasteiger partial charge in [-0.3, -0.25) is 4.79 Å². The van der Waals surface area contributed by atoms with Crippen LogP contribution in [0.4, 0.5) is 13.2 Å². The number of carboxylic acid groups (broad SMARTS) is 1. The Balaban J connectivity index is 2.22. The second kappa shape index (κ2) is 4.27. The van der Waals surface area contributed by atoms with E-state index in [4.69, 9.17) is 5.11 Å². The number of hydrogen-bond donors (Lipinski definition) is 1. The molecule has 1 aliphatic rings. The number of carboxylic acids is 1. The van der Waals surface area contributed by atoms with Gasteiger partial charge < -0.3 is 10.0 Å². The predicted octanol–water partition coefficient (Wildman–Crippen LogP) is 1.89. The van der Waals surface area contributed by atoms with E-state index >= 15 is 0 Å². The van der Waals surface area contributed by atoms with Gasteiger partial charge in [0, 0.05) is 16.8 Å². The molecule has 0 aliphatic carbocycles. The van der Waals surface area contributed by atoms with Gasteiger partial charge in [0.05, 0.1) is 12.1 Å². The van der Waals surface area contributed by atoms with Crippen molar-refractivity contribution in [2.24, 2.45) is 0 Å². The molecule has 0 atom stereocenters. The molecule has 0 saturated heterocycles. The molecule has 18 heavy (non-hydrogen) atoms. The largest absolute Gasteiger partial charge is 0.478 e. The van der Waals surface area contributed by atoms with Crippen molar-refractivity contribution < 1.29 is 27.9 Å². The van der Waals surface area contributed by atoms with Crippen LogP contribution in [-0.2, 0) is 17.8 Å². The van der Waals surface area contributed by atoms with E-state index < -0.39 is 18.1 Å². The number of alkyl halides is 3. The molecule has 0 spiro atoms. The Labute approximate surface area is 104 Å². The van der Waals surface area contributed by atoms with Crippen LogP contribution in [-0.4, -0.2) is 34.6 Å². The summed E-state index contributed by atoms with van der Waals surface area (Å²) in [5.41, 5.74) is 0.660. The van der Waals surface area contributed by atoms with E-state index in [0.29, 0.717) is 15.3 Å². The molecule has 0 aromatic carbocycles. The van der Waals surface area contributed by atoms with Gasteiger partial charge in [-0.15, -0.1) is 11.3 Å². The third-order valence-corrected chi connectivity index (χ3v) is 3.72. The number of carbonyl (C=O) groups excluding carboxylic acids is 1. The lowest BCUT2D eigenvalue weighted by molar-refractivity contribution is -0.186. The zero-order chi connectivity index (χ0) is 13.5. The highest BCUT2D eigenvalue weighted by Gasteiger charge is 2.43. The predicted molar refractivity (Wildman–Crippen MR) is 56.5 cm³/mol. The fourth-order valence-corrected chi connectivity index (χ4v) is 2.95. The minimum Gasteiger partial charge on any atom is -0.478 e. The highest BCUT2D eigenvalue weighted by molar-refractivity contribution is 7.10. The SMILES string of the molecule is O=C(O)c1csc2c1CCN(C(=O)C(F)(F)F)C2. The van der Waals surface area contributed by atoms with Crippen LogP contribution in [0.2, 0.25) is 0 Å². The van der Waals surface area contributed by atoms with Crippen molar-refractivity contribution in [3.63, 3.8) is 0 Å². The number of rotatable bonds is 1. The summed E-state index contributed by atoms with van der Waals surface area (Å²) in [6, 6.07) is 0. The van der Waals surface area contributed by atoms with Gasteiger partial charge in [-0.25, -0.2) is 4.79 Å². The van der Waals surface area contributed by atoms with Crippen molar-refractivity contribution in [1.29, 1.82) is 0 Å². The molecule has 1 aliphatic heterocycles. The maximum atomic E-state index is 12.3. The third kappa shape index (κ3) is 2.20. The Hall–Kier alpha value is -1.57. The summed E-state index contributed by atoms with van der Waals surface area (Å²) >= 11 is 1.07. The van der Waals surface area contributed by atoms with E-state index in [1.807, 2.05) is 0 Å². The molecule has 1 N–H and O–H groups in total. The van der Waals surface area contributed by atoms with Gasteiger partial charge in [0.1, 0.15) is 0 Å². The maximum Gasteiger partial charge on any atom is 0.471 e. The second-order valence-electron chi connectivity index (χ2n) is 3.83. The Morgan fingerprint density at radius 2 is 2.06 bits per heavy atom. The lowest BCUT2D eigenvalue weighted by Gasteiger charge is -2.27. The van der Waals surface area contributed by atoms with Crippen LogP contribution >= 0.6 is 11.3 Å². The van der Waals surface area contributed by atoms with Crippen molar-refractivity contribution in [1.82, 2.24) is 4.90 Å². The third-order valence-electron chi connectivity index (χ3n) is 2.71.